The van der Waals surface area contributed by atoms with Gasteiger partial charge in [-0.1, -0.05) is 25.6 Å². The molecule has 0 unspecified atom stereocenters. The summed E-state index contributed by atoms with van der Waals surface area (Å²) in [6.45, 7) is 6.29. The maximum absolute atomic E-state index is 12.1. The number of carbonyl (C=O) groups is 1. The van der Waals surface area contributed by atoms with Crippen molar-refractivity contribution in [1.82, 2.24) is 0 Å². The lowest BCUT2D eigenvalue weighted by Gasteiger charge is -2.05. The van der Waals surface area contributed by atoms with Crippen molar-refractivity contribution >= 4 is 25.1 Å². The predicted molar refractivity (Wildman–Crippen MR) is 87.1 cm³/mol. The van der Waals surface area contributed by atoms with Gasteiger partial charge in [0.25, 0.3) is 0 Å². The minimum Gasteiger partial charge on any atom is -0.457 e. The van der Waals surface area contributed by atoms with E-state index in [1.165, 1.54) is 6.07 Å². The van der Waals surface area contributed by atoms with Crippen LogP contribution in [-0.4, -0.2) is 14.2 Å². The highest BCUT2D eigenvalue weighted by molar-refractivity contribution is 6.83. The smallest absolute Gasteiger partial charge is 0.404 e. The van der Waals surface area contributed by atoms with Crippen molar-refractivity contribution in [3.8, 4) is 11.5 Å². The maximum atomic E-state index is 12.1. The fourth-order valence-corrected chi connectivity index (χ4v) is 2.28. The summed E-state index contributed by atoms with van der Waals surface area (Å²) in [4.78, 5) is 22.7. The van der Waals surface area contributed by atoms with Gasteiger partial charge in [-0.25, -0.2) is 4.79 Å². The Bertz CT molecular complexity index is 837. The second kappa shape index (κ2) is 6.08. The van der Waals surface area contributed by atoms with Gasteiger partial charge in [0.05, 0.1) is 5.39 Å². The number of rotatable bonds is 2. The van der Waals surface area contributed by atoms with Gasteiger partial charge in [0.2, 0.25) is 0 Å². The first-order valence-electron chi connectivity index (χ1n) is 6.77. The Kier molecular flexibility index (Phi) is 4.38. The first-order chi connectivity index (χ1) is 10.2. The normalized spacial score (nSPS) is 10.9. The van der Waals surface area contributed by atoms with Gasteiger partial charge in [-0.2, -0.15) is 0 Å². The van der Waals surface area contributed by atoms with E-state index >= 15 is 0 Å². The van der Waals surface area contributed by atoms with Crippen LogP contribution < -0.4 is 11.2 Å². The van der Waals surface area contributed by atoms with Crippen LogP contribution in [-0.2, 0) is 11.3 Å². The molecule has 0 saturated heterocycles. The van der Waals surface area contributed by atoms with Crippen molar-refractivity contribution in [1.29, 1.82) is 0 Å². The van der Waals surface area contributed by atoms with Crippen LogP contribution in [0.3, 0.4) is 0 Å². The molecule has 2 aromatic rings. The number of fused-ring (bicyclic) bond motifs is 1. The molecular weight excluding hydrogens is 298 g/mol. The first kappa shape index (κ1) is 15.9. The van der Waals surface area contributed by atoms with Crippen LogP contribution in [0, 0.1) is 11.5 Å². The number of benzene rings is 1. The summed E-state index contributed by atoms with van der Waals surface area (Å²) in [7, 11) is -1.47. The quantitative estimate of drug-likeness (QED) is 0.682. The molecular formula is C16H17NO4Si. The first-order valence-corrected chi connectivity index (χ1v) is 10.3. The van der Waals surface area contributed by atoms with Crippen molar-refractivity contribution in [2.75, 3.05) is 0 Å². The van der Waals surface area contributed by atoms with Gasteiger partial charge in [-0.05, 0) is 18.2 Å². The number of hydrogen-bond acceptors (Lipinski definition) is 4. The number of ether oxygens (including phenoxy) is 1. The summed E-state index contributed by atoms with van der Waals surface area (Å²) in [5.74, 6) is 3.35. The van der Waals surface area contributed by atoms with Crippen LogP contribution >= 0.6 is 0 Å². The van der Waals surface area contributed by atoms with E-state index in [4.69, 9.17) is 10.2 Å². The average molecular weight is 315 g/mol. The fourth-order valence-electron chi connectivity index (χ4n) is 1.76. The Balaban J connectivity index is 2.40. The van der Waals surface area contributed by atoms with Crippen molar-refractivity contribution in [3.05, 3.63) is 45.8 Å². The van der Waals surface area contributed by atoms with Crippen LogP contribution in [0.1, 0.15) is 11.3 Å². The minimum absolute atomic E-state index is 0.169. The Labute approximate surface area is 129 Å². The molecule has 0 aliphatic rings. The zero-order valence-electron chi connectivity index (χ0n) is 12.7. The van der Waals surface area contributed by atoms with E-state index in [1.54, 1.807) is 18.2 Å². The third kappa shape index (κ3) is 4.23. The van der Waals surface area contributed by atoms with Crippen molar-refractivity contribution in [3.63, 3.8) is 0 Å². The zero-order valence-corrected chi connectivity index (χ0v) is 13.7. The molecule has 0 atom stereocenters. The molecule has 5 nitrogen and oxygen atoms in total. The number of carbonyl (C=O) groups excluding carboxylic acids is 1. The maximum Gasteiger partial charge on any atom is 0.404 e. The number of nitrogens with two attached hydrogens (primary N) is 1. The van der Waals surface area contributed by atoms with Gasteiger partial charge in [0.15, 0.2) is 12.0 Å². The second-order valence-corrected chi connectivity index (χ2v) is 10.6. The van der Waals surface area contributed by atoms with E-state index in [9.17, 15) is 9.59 Å². The van der Waals surface area contributed by atoms with Gasteiger partial charge < -0.3 is 14.9 Å². The molecule has 1 aromatic heterocycles. The van der Waals surface area contributed by atoms with E-state index in [2.05, 4.69) is 35.8 Å². The summed E-state index contributed by atoms with van der Waals surface area (Å²) in [6, 6.07) is 6.50. The van der Waals surface area contributed by atoms with Crippen LogP contribution in [0.15, 0.2) is 33.5 Å². The molecule has 114 valence electrons. The Morgan fingerprint density at radius 3 is 2.68 bits per heavy atom. The summed E-state index contributed by atoms with van der Waals surface area (Å²) in [6.07, 6.45) is -0.917. The highest BCUT2D eigenvalue weighted by atomic mass is 28.3. The van der Waals surface area contributed by atoms with Crippen molar-refractivity contribution < 1.29 is 13.9 Å². The molecule has 6 heteroatoms. The zero-order chi connectivity index (χ0) is 16.3. The summed E-state index contributed by atoms with van der Waals surface area (Å²) in [5, 5.41) is 0.449. The Hall–Kier alpha value is -2.52. The summed E-state index contributed by atoms with van der Waals surface area (Å²) in [5.41, 5.74) is 9.14. The van der Waals surface area contributed by atoms with E-state index in [0.717, 1.165) is 5.56 Å². The standard InChI is InChI=1S/C16H17NO4Si/c1-22(2,3)7-6-11-4-5-15-13(8-11)14(18)9-12(21-15)10-20-16(17)19/h4-5,8-9H,10H2,1-3H3,(H2,17,19). The average Bonchev–Trinajstić information content (AvgIpc) is 2.42. The largest absolute Gasteiger partial charge is 0.457 e. The van der Waals surface area contributed by atoms with E-state index in [1.807, 2.05) is 0 Å². The molecule has 2 rings (SSSR count). The van der Waals surface area contributed by atoms with Gasteiger partial charge in [-0.15, -0.1) is 5.54 Å². The van der Waals surface area contributed by atoms with Crippen molar-refractivity contribution in [2.24, 2.45) is 5.73 Å². The SMILES string of the molecule is C[Si](C)(C)C#Cc1ccc2oc(COC(N)=O)cc(=O)c2c1. The molecule has 0 radical (unpaired) electrons. The van der Waals surface area contributed by atoms with Crippen LogP contribution in [0.4, 0.5) is 4.79 Å². The van der Waals surface area contributed by atoms with E-state index in [-0.39, 0.29) is 17.8 Å². The molecule has 0 spiro atoms. The Morgan fingerprint density at radius 2 is 2.05 bits per heavy atom. The molecule has 1 heterocycles. The van der Waals surface area contributed by atoms with Crippen molar-refractivity contribution in [2.45, 2.75) is 26.2 Å². The topological polar surface area (TPSA) is 82.5 Å². The molecule has 22 heavy (non-hydrogen) atoms. The summed E-state index contributed by atoms with van der Waals surface area (Å²) < 4.78 is 10.1. The molecule has 0 aliphatic heterocycles. The minimum atomic E-state index is -1.47. The number of amides is 1. The van der Waals surface area contributed by atoms with Gasteiger partial charge >= 0.3 is 6.09 Å². The molecule has 0 bridgehead atoms. The molecule has 0 fully saturated rings. The molecule has 0 saturated carbocycles. The van der Waals surface area contributed by atoms with Gasteiger partial charge in [0, 0.05) is 11.6 Å². The lowest BCUT2D eigenvalue weighted by atomic mass is 10.1. The summed E-state index contributed by atoms with van der Waals surface area (Å²) >= 11 is 0. The number of primary amides is 1. The van der Waals surface area contributed by atoms with Gasteiger partial charge in [0.1, 0.15) is 19.4 Å². The lowest BCUT2D eigenvalue weighted by Crippen LogP contribution is -2.16. The Morgan fingerprint density at radius 1 is 1.32 bits per heavy atom. The van der Waals surface area contributed by atoms with E-state index < -0.39 is 14.2 Å². The van der Waals surface area contributed by atoms with E-state index in [0.29, 0.717) is 11.0 Å². The lowest BCUT2D eigenvalue weighted by molar-refractivity contribution is 0.141. The molecule has 2 N–H and O–H groups in total. The van der Waals surface area contributed by atoms with Crippen LogP contribution in [0.25, 0.3) is 11.0 Å². The van der Waals surface area contributed by atoms with Crippen LogP contribution in [0.2, 0.25) is 19.6 Å². The number of hydrogen-bond donors (Lipinski definition) is 1. The van der Waals surface area contributed by atoms with Crippen LogP contribution in [0.5, 0.6) is 0 Å². The molecule has 0 aliphatic carbocycles. The monoisotopic (exact) mass is 315 g/mol. The third-order valence-corrected chi connectivity index (χ3v) is 3.59. The molecule has 1 aromatic carbocycles. The molecule has 1 amide bonds. The second-order valence-electron chi connectivity index (χ2n) is 5.90. The predicted octanol–water partition coefficient (Wildman–Crippen LogP) is 2.62. The van der Waals surface area contributed by atoms with Gasteiger partial charge in [-0.3, -0.25) is 4.79 Å². The highest BCUT2D eigenvalue weighted by Crippen LogP contribution is 2.15. The third-order valence-electron chi connectivity index (χ3n) is 2.72. The fraction of sp³-hybridized carbons (Fsp3) is 0.250. The highest BCUT2D eigenvalue weighted by Gasteiger charge is 2.09.